The van der Waals surface area contributed by atoms with E-state index in [2.05, 4.69) is 27.4 Å². The number of fused-ring (bicyclic) bond motifs is 1. The molecule has 0 unspecified atom stereocenters. The fourth-order valence-corrected chi connectivity index (χ4v) is 4.78. The first-order chi connectivity index (χ1) is 19.1. The van der Waals surface area contributed by atoms with E-state index in [0.29, 0.717) is 34.7 Å². The van der Waals surface area contributed by atoms with E-state index in [0.717, 1.165) is 22.2 Å². The molecule has 4 aromatic rings. The van der Waals surface area contributed by atoms with Crippen LogP contribution >= 0.6 is 0 Å². The summed E-state index contributed by atoms with van der Waals surface area (Å²) in [4.78, 5) is 22.9. The normalized spacial score (nSPS) is 14.3. The number of benzene rings is 2. The van der Waals surface area contributed by atoms with Gasteiger partial charge in [-0.3, -0.25) is 14.3 Å². The Morgan fingerprint density at radius 2 is 1.85 bits per heavy atom. The van der Waals surface area contributed by atoms with Gasteiger partial charge in [0.2, 0.25) is 0 Å². The largest absolute Gasteiger partial charge is 0.405 e. The number of nitrogens with zero attached hydrogens (tertiary/aromatic N) is 3. The van der Waals surface area contributed by atoms with Crippen LogP contribution in [0.25, 0.3) is 27.7 Å². The van der Waals surface area contributed by atoms with Crippen LogP contribution in [-0.2, 0) is 0 Å². The fourth-order valence-electron chi connectivity index (χ4n) is 4.78. The van der Waals surface area contributed by atoms with Crippen LogP contribution in [0.2, 0.25) is 0 Å². The molecule has 2 aromatic carbocycles. The topological polar surface area (TPSA) is 59.3 Å². The van der Waals surface area contributed by atoms with E-state index in [4.69, 9.17) is 0 Å². The molecule has 5 rings (SSSR count). The summed E-state index contributed by atoms with van der Waals surface area (Å²) in [6.45, 7) is 4.42. The molecule has 1 aliphatic carbocycles. The Morgan fingerprint density at radius 3 is 2.52 bits per heavy atom. The molecule has 0 radical (unpaired) electrons. The van der Waals surface area contributed by atoms with Crippen LogP contribution in [0.3, 0.4) is 0 Å². The molecule has 1 N–H and O–H groups in total. The second-order valence-corrected chi connectivity index (χ2v) is 10.2. The number of alkyl halides is 3. The van der Waals surface area contributed by atoms with E-state index in [-0.39, 0.29) is 11.4 Å². The third kappa shape index (κ3) is 6.17. The van der Waals surface area contributed by atoms with E-state index in [1.165, 1.54) is 24.6 Å². The highest BCUT2D eigenvalue weighted by Crippen LogP contribution is 2.40. The Kier molecular flexibility index (Phi) is 7.61. The smallest absolute Gasteiger partial charge is 0.361 e. The quantitative estimate of drug-likeness (QED) is 0.236. The standard InChI is InChI=1S/C32H31F3N4O/c1-4-5-29(37-19-32(33,34)35)36-17-26-18-39(27-14-15-28-25(16-27)7-6-20(2)38-28)31(40)30(21(26)3)24-12-10-23(11-13-24)22-8-9-22/h5-7,10-18,22,37H,4,8-9,19H2,1-3H3/b29-5-,36-17?. The molecule has 2 aromatic heterocycles. The van der Waals surface area contributed by atoms with Gasteiger partial charge in [-0.25, -0.2) is 4.99 Å². The molecule has 5 nitrogen and oxygen atoms in total. The van der Waals surface area contributed by atoms with Crippen molar-refractivity contribution in [1.82, 2.24) is 14.9 Å². The van der Waals surface area contributed by atoms with Gasteiger partial charge in [0.1, 0.15) is 12.4 Å². The molecule has 0 amide bonds. The van der Waals surface area contributed by atoms with Gasteiger partial charge in [-0.15, -0.1) is 0 Å². The molecule has 0 aliphatic heterocycles. The zero-order valence-corrected chi connectivity index (χ0v) is 22.7. The van der Waals surface area contributed by atoms with Gasteiger partial charge in [0.15, 0.2) is 0 Å². The van der Waals surface area contributed by atoms with Gasteiger partial charge in [-0.2, -0.15) is 13.2 Å². The first kappa shape index (κ1) is 27.4. The highest BCUT2D eigenvalue weighted by Gasteiger charge is 2.27. The van der Waals surface area contributed by atoms with Crippen LogP contribution in [0.15, 0.2) is 82.5 Å². The molecule has 0 spiro atoms. The summed E-state index contributed by atoms with van der Waals surface area (Å²) in [5, 5.41) is 3.26. The summed E-state index contributed by atoms with van der Waals surface area (Å²) in [5.74, 6) is 0.715. The van der Waals surface area contributed by atoms with Crippen LogP contribution in [0.1, 0.15) is 54.5 Å². The van der Waals surface area contributed by atoms with Crippen molar-refractivity contribution in [1.29, 1.82) is 0 Å². The summed E-state index contributed by atoms with van der Waals surface area (Å²) >= 11 is 0. The van der Waals surface area contributed by atoms with Crippen LogP contribution in [-0.4, -0.2) is 28.5 Å². The number of pyridine rings is 2. The summed E-state index contributed by atoms with van der Waals surface area (Å²) in [6, 6.07) is 17.6. The second-order valence-electron chi connectivity index (χ2n) is 10.2. The number of hydrogen-bond acceptors (Lipinski definition) is 4. The summed E-state index contributed by atoms with van der Waals surface area (Å²) < 4.78 is 40.1. The van der Waals surface area contributed by atoms with Gasteiger partial charge >= 0.3 is 6.18 Å². The Balaban J connectivity index is 1.63. The molecule has 0 atom stereocenters. The number of aliphatic imine (C=N–C) groups is 1. The first-order valence-corrected chi connectivity index (χ1v) is 13.4. The van der Waals surface area contributed by atoms with Crippen LogP contribution in [0, 0.1) is 13.8 Å². The zero-order chi connectivity index (χ0) is 28.4. The SMILES string of the molecule is CC/C=C(/N=Cc1cn(-c2ccc3nc(C)ccc3c2)c(=O)c(-c2ccc(C3CC3)cc2)c1C)NCC(F)(F)F. The number of nitrogens with one attached hydrogen (secondary N) is 1. The number of allylic oxidation sites excluding steroid dienone is 1. The number of hydrogen-bond donors (Lipinski definition) is 1. The summed E-state index contributed by atoms with van der Waals surface area (Å²) in [5.41, 5.74) is 6.10. The van der Waals surface area contributed by atoms with Gasteiger partial charge in [-0.05, 0) is 86.1 Å². The molecular weight excluding hydrogens is 513 g/mol. The van der Waals surface area contributed by atoms with Gasteiger partial charge < -0.3 is 5.32 Å². The lowest BCUT2D eigenvalue weighted by Crippen LogP contribution is -2.28. The number of rotatable bonds is 8. The fraction of sp³-hybridized carbons (Fsp3) is 0.281. The molecule has 2 heterocycles. The van der Waals surface area contributed by atoms with Crippen molar-refractivity contribution in [2.45, 2.75) is 52.1 Å². The molecule has 0 bridgehead atoms. The van der Waals surface area contributed by atoms with E-state index >= 15 is 0 Å². The summed E-state index contributed by atoms with van der Waals surface area (Å²) in [7, 11) is 0. The van der Waals surface area contributed by atoms with Crippen molar-refractivity contribution in [3.63, 3.8) is 0 Å². The predicted molar refractivity (Wildman–Crippen MR) is 154 cm³/mol. The average molecular weight is 545 g/mol. The molecule has 8 heteroatoms. The predicted octanol–water partition coefficient (Wildman–Crippen LogP) is 7.37. The monoisotopic (exact) mass is 544 g/mol. The van der Waals surface area contributed by atoms with Crippen molar-refractivity contribution in [3.8, 4) is 16.8 Å². The first-order valence-electron chi connectivity index (χ1n) is 13.4. The molecule has 0 saturated heterocycles. The highest BCUT2D eigenvalue weighted by atomic mass is 19.4. The lowest BCUT2D eigenvalue weighted by Gasteiger charge is -2.15. The van der Waals surface area contributed by atoms with Crippen molar-refractivity contribution in [3.05, 3.63) is 105 Å². The number of aryl methyl sites for hydroxylation is 1. The minimum atomic E-state index is -4.37. The van der Waals surface area contributed by atoms with Gasteiger partial charge in [0.05, 0.1) is 11.1 Å². The van der Waals surface area contributed by atoms with Gasteiger partial charge in [0, 0.05) is 34.7 Å². The van der Waals surface area contributed by atoms with Gasteiger partial charge in [-0.1, -0.05) is 37.3 Å². The number of halogens is 3. The highest BCUT2D eigenvalue weighted by molar-refractivity contribution is 5.86. The number of aromatic nitrogens is 2. The molecular formula is C32H31F3N4O. The van der Waals surface area contributed by atoms with Crippen LogP contribution in [0.4, 0.5) is 13.2 Å². The Morgan fingerprint density at radius 1 is 1.10 bits per heavy atom. The van der Waals surface area contributed by atoms with Crippen molar-refractivity contribution in [2.24, 2.45) is 4.99 Å². The minimum absolute atomic E-state index is 0.125. The van der Waals surface area contributed by atoms with E-state index in [9.17, 15) is 18.0 Å². The maximum atomic E-state index is 14.0. The third-order valence-electron chi connectivity index (χ3n) is 7.06. The molecule has 1 aliphatic rings. The van der Waals surface area contributed by atoms with Crippen LogP contribution in [0.5, 0.6) is 0 Å². The Labute approximate surface area is 231 Å². The summed E-state index contributed by atoms with van der Waals surface area (Å²) in [6.07, 6.45) is 3.33. The minimum Gasteiger partial charge on any atom is -0.361 e. The lowest BCUT2D eigenvalue weighted by molar-refractivity contribution is -0.123. The zero-order valence-electron chi connectivity index (χ0n) is 22.7. The molecule has 40 heavy (non-hydrogen) atoms. The molecule has 1 fully saturated rings. The maximum Gasteiger partial charge on any atom is 0.405 e. The maximum absolute atomic E-state index is 14.0. The lowest BCUT2D eigenvalue weighted by atomic mass is 9.97. The Bertz CT molecular complexity index is 1660. The van der Waals surface area contributed by atoms with E-state index < -0.39 is 12.7 Å². The Hall–Kier alpha value is -4.20. The van der Waals surface area contributed by atoms with Crippen molar-refractivity contribution >= 4 is 17.1 Å². The van der Waals surface area contributed by atoms with E-state index in [1.54, 1.807) is 16.8 Å². The second kappa shape index (κ2) is 11.1. The average Bonchev–Trinajstić information content (AvgIpc) is 3.77. The van der Waals surface area contributed by atoms with Gasteiger partial charge in [0.25, 0.3) is 5.56 Å². The molecule has 1 saturated carbocycles. The van der Waals surface area contributed by atoms with Crippen LogP contribution < -0.4 is 10.9 Å². The molecule has 206 valence electrons. The van der Waals surface area contributed by atoms with E-state index in [1.807, 2.05) is 63.2 Å². The van der Waals surface area contributed by atoms with Crippen molar-refractivity contribution in [2.75, 3.05) is 6.54 Å². The van der Waals surface area contributed by atoms with Crippen molar-refractivity contribution < 1.29 is 13.2 Å². The third-order valence-corrected chi connectivity index (χ3v) is 7.06.